The molecule has 0 saturated heterocycles. The molecular formula is C14H12F2O3. The second-order valence-electron chi connectivity index (χ2n) is 4.12. The molecule has 0 amide bonds. The zero-order valence-corrected chi connectivity index (χ0v) is 9.98. The number of benzene rings is 2. The maximum Gasteiger partial charge on any atom is 0.329 e. The zero-order valence-electron chi connectivity index (χ0n) is 9.98. The van der Waals surface area contributed by atoms with E-state index in [2.05, 4.69) is 4.74 Å². The second kappa shape index (κ2) is 5.32. The highest BCUT2D eigenvalue weighted by molar-refractivity contribution is 5.86. The van der Waals surface area contributed by atoms with E-state index in [0.29, 0.717) is 10.8 Å². The molecule has 2 aromatic rings. The Balaban J connectivity index is 2.29. The van der Waals surface area contributed by atoms with Gasteiger partial charge in [-0.05, 0) is 10.8 Å². The maximum absolute atomic E-state index is 14.0. The Hall–Kier alpha value is -2.01. The molecule has 0 atom stereocenters. The lowest BCUT2D eigenvalue weighted by atomic mass is 10.0. The van der Waals surface area contributed by atoms with Gasteiger partial charge in [0.15, 0.2) is 0 Å². The number of carboxylic acids is 1. The van der Waals surface area contributed by atoms with Crippen molar-refractivity contribution in [2.24, 2.45) is 0 Å². The van der Waals surface area contributed by atoms with Crippen LogP contribution in [-0.2, 0) is 15.5 Å². The van der Waals surface area contributed by atoms with Crippen LogP contribution in [0.5, 0.6) is 0 Å². The summed E-state index contributed by atoms with van der Waals surface area (Å²) in [6.07, 6.45) is 0. The average Bonchev–Trinajstić information content (AvgIpc) is 2.37. The largest absolute Gasteiger partial charge is 0.480 e. The Morgan fingerprint density at radius 2 is 1.84 bits per heavy atom. The number of carboxylic acid groups (broad SMARTS) is 1. The quantitative estimate of drug-likeness (QED) is 0.904. The van der Waals surface area contributed by atoms with Crippen molar-refractivity contribution in [1.29, 1.82) is 0 Å². The van der Waals surface area contributed by atoms with Crippen LogP contribution in [0.4, 0.5) is 8.78 Å². The fourth-order valence-electron chi connectivity index (χ4n) is 1.89. The van der Waals surface area contributed by atoms with Gasteiger partial charge in [0.1, 0.15) is 13.2 Å². The smallest absolute Gasteiger partial charge is 0.329 e. The van der Waals surface area contributed by atoms with Crippen LogP contribution >= 0.6 is 0 Å². The van der Waals surface area contributed by atoms with Crippen molar-refractivity contribution >= 4 is 16.7 Å². The standard InChI is InChI=1S/C14H12F2O3/c15-14(16,9-19-8-13(17)18)12-7-3-5-10-4-1-2-6-11(10)12/h1-7H,8-9H2,(H,17,18). The fraction of sp³-hybridized carbons (Fsp3) is 0.214. The van der Waals surface area contributed by atoms with Gasteiger partial charge in [-0.3, -0.25) is 0 Å². The highest BCUT2D eigenvalue weighted by atomic mass is 19.3. The third-order valence-corrected chi connectivity index (χ3v) is 2.69. The first-order valence-electron chi connectivity index (χ1n) is 5.66. The zero-order chi connectivity index (χ0) is 13.9. The summed E-state index contributed by atoms with van der Waals surface area (Å²) < 4.78 is 32.6. The Bertz CT molecular complexity index is 591. The minimum atomic E-state index is -3.23. The van der Waals surface area contributed by atoms with Crippen molar-refractivity contribution in [2.75, 3.05) is 13.2 Å². The van der Waals surface area contributed by atoms with Gasteiger partial charge in [-0.2, -0.15) is 8.78 Å². The number of halogens is 2. The van der Waals surface area contributed by atoms with Gasteiger partial charge in [-0.1, -0.05) is 42.5 Å². The molecule has 5 heteroatoms. The van der Waals surface area contributed by atoms with Gasteiger partial charge in [-0.15, -0.1) is 0 Å². The van der Waals surface area contributed by atoms with E-state index in [-0.39, 0.29) is 5.56 Å². The van der Waals surface area contributed by atoms with Crippen molar-refractivity contribution in [2.45, 2.75) is 5.92 Å². The van der Waals surface area contributed by atoms with E-state index < -0.39 is 25.1 Å². The number of aliphatic carboxylic acids is 1. The molecular weight excluding hydrogens is 254 g/mol. The minimum Gasteiger partial charge on any atom is -0.480 e. The van der Waals surface area contributed by atoms with Crippen LogP contribution in [0.3, 0.4) is 0 Å². The number of hydrogen-bond donors (Lipinski definition) is 1. The summed E-state index contributed by atoms with van der Waals surface area (Å²) in [5.74, 6) is -4.50. The topological polar surface area (TPSA) is 46.5 Å². The van der Waals surface area contributed by atoms with Crippen molar-refractivity contribution in [3.8, 4) is 0 Å². The summed E-state index contributed by atoms with van der Waals surface area (Å²) in [4.78, 5) is 10.3. The number of ether oxygens (including phenoxy) is 1. The molecule has 0 radical (unpaired) electrons. The van der Waals surface area contributed by atoms with Gasteiger partial charge in [0.25, 0.3) is 5.92 Å². The molecule has 0 bridgehead atoms. The van der Waals surface area contributed by atoms with Crippen LogP contribution in [-0.4, -0.2) is 24.3 Å². The van der Waals surface area contributed by atoms with Crippen LogP contribution < -0.4 is 0 Å². The predicted octanol–water partition coefficient (Wildman–Crippen LogP) is 3.03. The lowest BCUT2D eigenvalue weighted by Crippen LogP contribution is -2.23. The van der Waals surface area contributed by atoms with E-state index in [4.69, 9.17) is 5.11 Å². The molecule has 1 N–H and O–H groups in total. The summed E-state index contributed by atoms with van der Waals surface area (Å²) in [5, 5.41) is 9.53. The lowest BCUT2D eigenvalue weighted by molar-refractivity contribution is -0.147. The summed E-state index contributed by atoms with van der Waals surface area (Å²) in [7, 11) is 0. The average molecular weight is 266 g/mol. The number of fused-ring (bicyclic) bond motifs is 1. The van der Waals surface area contributed by atoms with E-state index in [1.165, 1.54) is 6.07 Å². The Morgan fingerprint density at radius 3 is 2.58 bits per heavy atom. The van der Waals surface area contributed by atoms with Crippen LogP contribution in [0.15, 0.2) is 42.5 Å². The van der Waals surface area contributed by atoms with Gasteiger partial charge in [0.2, 0.25) is 0 Å². The highest BCUT2D eigenvalue weighted by Gasteiger charge is 2.33. The van der Waals surface area contributed by atoms with E-state index in [1.54, 1.807) is 36.4 Å². The number of hydrogen-bond acceptors (Lipinski definition) is 2. The molecule has 0 unspecified atom stereocenters. The molecule has 100 valence electrons. The highest BCUT2D eigenvalue weighted by Crippen LogP contribution is 2.33. The Kier molecular flexibility index (Phi) is 3.76. The monoisotopic (exact) mass is 266 g/mol. The van der Waals surface area contributed by atoms with E-state index >= 15 is 0 Å². The summed E-state index contributed by atoms with van der Waals surface area (Å²) in [6.45, 7) is -1.69. The SMILES string of the molecule is O=C(O)COCC(F)(F)c1cccc2ccccc12. The molecule has 0 fully saturated rings. The van der Waals surface area contributed by atoms with E-state index in [9.17, 15) is 13.6 Å². The molecule has 3 nitrogen and oxygen atoms in total. The van der Waals surface area contributed by atoms with Gasteiger partial charge >= 0.3 is 5.97 Å². The molecule has 0 aliphatic carbocycles. The molecule has 0 saturated carbocycles. The number of alkyl halides is 2. The molecule has 0 aliphatic heterocycles. The third-order valence-electron chi connectivity index (χ3n) is 2.69. The van der Waals surface area contributed by atoms with Crippen molar-refractivity contribution in [3.05, 3.63) is 48.0 Å². The second-order valence-corrected chi connectivity index (χ2v) is 4.12. The Morgan fingerprint density at radius 1 is 1.16 bits per heavy atom. The summed E-state index contributed by atoms with van der Waals surface area (Å²) >= 11 is 0. The molecule has 0 aliphatic rings. The normalized spacial score (nSPS) is 11.7. The van der Waals surface area contributed by atoms with E-state index in [1.807, 2.05) is 0 Å². The molecule has 0 aromatic heterocycles. The molecule has 0 heterocycles. The van der Waals surface area contributed by atoms with Gasteiger partial charge in [0.05, 0.1) is 0 Å². The van der Waals surface area contributed by atoms with Gasteiger partial charge in [-0.25, -0.2) is 4.79 Å². The molecule has 0 spiro atoms. The molecule has 2 aromatic carbocycles. The van der Waals surface area contributed by atoms with Crippen LogP contribution in [0.25, 0.3) is 10.8 Å². The molecule has 2 rings (SSSR count). The first kappa shape index (κ1) is 13.4. The first-order chi connectivity index (χ1) is 9.00. The van der Waals surface area contributed by atoms with Gasteiger partial charge < -0.3 is 9.84 Å². The van der Waals surface area contributed by atoms with Crippen LogP contribution in [0.1, 0.15) is 5.56 Å². The van der Waals surface area contributed by atoms with Crippen LogP contribution in [0, 0.1) is 0 Å². The van der Waals surface area contributed by atoms with Crippen LogP contribution in [0.2, 0.25) is 0 Å². The lowest BCUT2D eigenvalue weighted by Gasteiger charge is -2.18. The van der Waals surface area contributed by atoms with E-state index in [0.717, 1.165) is 0 Å². The fourth-order valence-corrected chi connectivity index (χ4v) is 1.89. The minimum absolute atomic E-state index is 0.156. The number of rotatable bonds is 5. The van der Waals surface area contributed by atoms with Crippen molar-refractivity contribution < 1.29 is 23.4 Å². The van der Waals surface area contributed by atoms with Crippen molar-refractivity contribution in [1.82, 2.24) is 0 Å². The predicted molar refractivity (Wildman–Crippen MR) is 66.3 cm³/mol. The Labute approximate surface area is 108 Å². The van der Waals surface area contributed by atoms with Crippen molar-refractivity contribution in [3.63, 3.8) is 0 Å². The number of carbonyl (C=O) groups is 1. The molecule has 19 heavy (non-hydrogen) atoms. The third kappa shape index (κ3) is 3.06. The summed E-state index contributed by atoms with van der Waals surface area (Å²) in [5.41, 5.74) is -0.156. The maximum atomic E-state index is 14.0. The van der Waals surface area contributed by atoms with Gasteiger partial charge in [0, 0.05) is 5.56 Å². The summed E-state index contributed by atoms with van der Waals surface area (Å²) in [6, 6.07) is 11.4. The first-order valence-corrected chi connectivity index (χ1v) is 5.66.